The molecule has 2 rings (SSSR count). The van der Waals surface area contributed by atoms with Crippen LogP contribution in [-0.2, 0) is 0 Å². The van der Waals surface area contributed by atoms with Gasteiger partial charge in [-0.1, -0.05) is 80.9 Å². The lowest BCUT2D eigenvalue weighted by atomic mass is 9.79. The SMILES string of the molecule is CCCC(C)C(NN)C(c1ccccc1)c1ccccc1. The second kappa shape index (κ2) is 7.96. The quantitative estimate of drug-likeness (QED) is 0.593. The molecule has 0 saturated heterocycles. The fourth-order valence-electron chi connectivity index (χ4n) is 3.15. The maximum absolute atomic E-state index is 5.93. The van der Waals surface area contributed by atoms with E-state index >= 15 is 0 Å². The summed E-state index contributed by atoms with van der Waals surface area (Å²) in [6, 6.07) is 21.5. The van der Waals surface area contributed by atoms with Crippen LogP contribution in [0.2, 0.25) is 0 Å². The van der Waals surface area contributed by atoms with Crippen molar-refractivity contribution in [2.24, 2.45) is 11.8 Å². The first-order valence-corrected chi connectivity index (χ1v) is 7.84. The van der Waals surface area contributed by atoms with Crippen molar-refractivity contribution >= 4 is 0 Å². The van der Waals surface area contributed by atoms with Crippen LogP contribution in [0.15, 0.2) is 60.7 Å². The van der Waals surface area contributed by atoms with Crippen molar-refractivity contribution in [2.45, 2.75) is 38.6 Å². The normalized spacial score (nSPS) is 14.1. The van der Waals surface area contributed by atoms with Gasteiger partial charge in [-0.05, 0) is 23.5 Å². The highest BCUT2D eigenvalue weighted by Gasteiger charge is 2.28. The second-order valence-electron chi connectivity index (χ2n) is 5.76. The number of hydrazine groups is 1. The largest absolute Gasteiger partial charge is 0.271 e. The molecule has 0 heterocycles. The fourth-order valence-corrected chi connectivity index (χ4v) is 3.15. The molecule has 2 aromatic carbocycles. The molecule has 2 unspecified atom stereocenters. The molecule has 2 heteroatoms. The molecular weight excluding hydrogens is 256 g/mol. The van der Waals surface area contributed by atoms with Gasteiger partial charge in [-0.3, -0.25) is 11.3 Å². The first-order chi connectivity index (χ1) is 10.3. The molecule has 0 amide bonds. The van der Waals surface area contributed by atoms with Crippen LogP contribution in [0.5, 0.6) is 0 Å². The fraction of sp³-hybridized carbons (Fsp3) is 0.368. The van der Waals surface area contributed by atoms with Crippen molar-refractivity contribution in [1.29, 1.82) is 0 Å². The maximum Gasteiger partial charge on any atom is 0.0345 e. The molecule has 0 aliphatic rings. The summed E-state index contributed by atoms with van der Waals surface area (Å²) in [5, 5.41) is 0. The molecule has 3 N–H and O–H groups in total. The van der Waals surface area contributed by atoms with E-state index in [4.69, 9.17) is 5.84 Å². The Kier molecular flexibility index (Phi) is 5.97. The first kappa shape index (κ1) is 15.7. The minimum absolute atomic E-state index is 0.231. The Morgan fingerprint density at radius 1 is 0.905 bits per heavy atom. The van der Waals surface area contributed by atoms with Gasteiger partial charge in [0.1, 0.15) is 0 Å². The van der Waals surface area contributed by atoms with Gasteiger partial charge in [0.15, 0.2) is 0 Å². The highest BCUT2D eigenvalue weighted by molar-refractivity contribution is 5.34. The van der Waals surface area contributed by atoms with E-state index in [0.29, 0.717) is 5.92 Å². The van der Waals surface area contributed by atoms with Crippen molar-refractivity contribution in [2.75, 3.05) is 0 Å². The molecular formula is C19H26N2. The average molecular weight is 282 g/mol. The Bertz CT molecular complexity index is 470. The summed E-state index contributed by atoms with van der Waals surface area (Å²) < 4.78 is 0. The summed E-state index contributed by atoms with van der Waals surface area (Å²) in [5.74, 6) is 6.73. The van der Waals surface area contributed by atoms with Crippen molar-refractivity contribution in [3.63, 3.8) is 0 Å². The van der Waals surface area contributed by atoms with Crippen LogP contribution >= 0.6 is 0 Å². The number of hydrogen-bond donors (Lipinski definition) is 2. The zero-order chi connectivity index (χ0) is 15.1. The van der Waals surface area contributed by atoms with E-state index in [-0.39, 0.29) is 12.0 Å². The van der Waals surface area contributed by atoms with Crippen LogP contribution in [0.3, 0.4) is 0 Å². The molecule has 0 aliphatic carbocycles. The van der Waals surface area contributed by atoms with E-state index in [1.54, 1.807) is 0 Å². The minimum Gasteiger partial charge on any atom is -0.271 e. The van der Waals surface area contributed by atoms with Gasteiger partial charge in [-0.2, -0.15) is 0 Å². The Morgan fingerprint density at radius 3 is 1.76 bits per heavy atom. The number of nitrogens with two attached hydrogens (primary N) is 1. The Labute approximate surface area is 128 Å². The summed E-state index contributed by atoms with van der Waals surface area (Å²) in [6.07, 6.45) is 2.35. The van der Waals surface area contributed by atoms with Crippen LogP contribution in [0.25, 0.3) is 0 Å². The second-order valence-corrected chi connectivity index (χ2v) is 5.76. The van der Waals surface area contributed by atoms with Gasteiger partial charge in [0.25, 0.3) is 0 Å². The van der Waals surface area contributed by atoms with Crippen LogP contribution < -0.4 is 11.3 Å². The van der Waals surface area contributed by atoms with Crippen LogP contribution in [0, 0.1) is 5.92 Å². The van der Waals surface area contributed by atoms with Gasteiger partial charge in [-0.25, -0.2) is 0 Å². The van der Waals surface area contributed by atoms with Crippen molar-refractivity contribution in [3.05, 3.63) is 71.8 Å². The molecule has 2 aromatic rings. The predicted octanol–water partition coefficient (Wildman–Crippen LogP) is 4.09. The third-order valence-electron chi connectivity index (χ3n) is 4.23. The van der Waals surface area contributed by atoms with Gasteiger partial charge in [0.2, 0.25) is 0 Å². The molecule has 112 valence electrons. The minimum atomic E-state index is 0.231. The summed E-state index contributed by atoms with van der Waals surface area (Å²) >= 11 is 0. The highest BCUT2D eigenvalue weighted by atomic mass is 15.2. The maximum atomic E-state index is 5.93. The molecule has 0 spiro atoms. The molecule has 2 nitrogen and oxygen atoms in total. The van der Waals surface area contributed by atoms with E-state index in [9.17, 15) is 0 Å². The number of nitrogens with one attached hydrogen (secondary N) is 1. The van der Waals surface area contributed by atoms with Crippen molar-refractivity contribution < 1.29 is 0 Å². The van der Waals surface area contributed by atoms with E-state index in [0.717, 1.165) is 0 Å². The summed E-state index contributed by atoms with van der Waals surface area (Å²) in [4.78, 5) is 0. The van der Waals surface area contributed by atoms with Gasteiger partial charge < -0.3 is 0 Å². The van der Waals surface area contributed by atoms with Gasteiger partial charge in [0, 0.05) is 12.0 Å². The summed E-state index contributed by atoms with van der Waals surface area (Å²) in [6.45, 7) is 4.51. The zero-order valence-electron chi connectivity index (χ0n) is 13.0. The Hall–Kier alpha value is -1.64. The van der Waals surface area contributed by atoms with Crippen LogP contribution in [0.1, 0.15) is 43.7 Å². The Morgan fingerprint density at radius 2 is 1.38 bits per heavy atom. The average Bonchev–Trinajstić information content (AvgIpc) is 2.54. The zero-order valence-corrected chi connectivity index (χ0v) is 13.0. The smallest absolute Gasteiger partial charge is 0.0345 e. The Balaban J connectivity index is 2.40. The molecule has 0 aromatic heterocycles. The molecule has 2 atom stereocenters. The molecule has 0 radical (unpaired) electrons. The summed E-state index contributed by atoms with van der Waals surface area (Å²) in [5.41, 5.74) is 5.71. The molecule has 0 fully saturated rings. The number of rotatable bonds is 7. The molecule has 0 saturated carbocycles. The summed E-state index contributed by atoms with van der Waals surface area (Å²) in [7, 11) is 0. The van der Waals surface area contributed by atoms with E-state index in [1.165, 1.54) is 24.0 Å². The lowest BCUT2D eigenvalue weighted by molar-refractivity contribution is 0.331. The van der Waals surface area contributed by atoms with Crippen molar-refractivity contribution in [1.82, 2.24) is 5.43 Å². The van der Waals surface area contributed by atoms with E-state index in [2.05, 4.69) is 79.9 Å². The number of hydrogen-bond acceptors (Lipinski definition) is 2. The topological polar surface area (TPSA) is 38.0 Å². The van der Waals surface area contributed by atoms with E-state index < -0.39 is 0 Å². The van der Waals surface area contributed by atoms with Crippen LogP contribution in [0.4, 0.5) is 0 Å². The standard InChI is InChI=1S/C19H26N2/c1-3-10-15(2)19(21-20)18(16-11-6-4-7-12-16)17-13-8-5-9-14-17/h4-9,11-15,18-19,21H,3,10,20H2,1-2H3. The van der Waals surface area contributed by atoms with Crippen molar-refractivity contribution in [3.8, 4) is 0 Å². The molecule has 0 bridgehead atoms. The van der Waals surface area contributed by atoms with Crippen LogP contribution in [-0.4, -0.2) is 6.04 Å². The third-order valence-corrected chi connectivity index (χ3v) is 4.23. The van der Waals surface area contributed by atoms with Gasteiger partial charge >= 0.3 is 0 Å². The lowest BCUT2D eigenvalue weighted by Gasteiger charge is -2.32. The van der Waals surface area contributed by atoms with Gasteiger partial charge in [-0.15, -0.1) is 0 Å². The third kappa shape index (κ3) is 3.93. The number of benzene rings is 2. The molecule has 21 heavy (non-hydrogen) atoms. The van der Waals surface area contributed by atoms with E-state index in [1.807, 2.05) is 0 Å². The lowest BCUT2D eigenvalue weighted by Crippen LogP contribution is -2.44. The monoisotopic (exact) mass is 282 g/mol. The first-order valence-electron chi connectivity index (χ1n) is 7.84. The predicted molar refractivity (Wildman–Crippen MR) is 89.9 cm³/mol. The molecule has 0 aliphatic heterocycles. The highest BCUT2D eigenvalue weighted by Crippen LogP contribution is 2.32. The van der Waals surface area contributed by atoms with Gasteiger partial charge in [0.05, 0.1) is 0 Å².